The summed E-state index contributed by atoms with van der Waals surface area (Å²) in [4.78, 5) is 6.74. The highest BCUT2D eigenvalue weighted by atomic mass is 16.5. The summed E-state index contributed by atoms with van der Waals surface area (Å²) >= 11 is 0. The Morgan fingerprint density at radius 3 is 2.80 bits per heavy atom. The van der Waals surface area contributed by atoms with Gasteiger partial charge < -0.3 is 9.64 Å². The second-order valence-electron chi connectivity index (χ2n) is 5.79. The van der Waals surface area contributed by atoms with Crippen molar-refractivity contribution in [1.82, 2.24) is 4.98 Å². The summed E-state index contributed by atoms with van der Waals surface area (Å²) < 4.78 is 6.10. The average molecular weight is 268 g/mol. The molecule has 0 spiro atoms. The molecule has 0 radical (unpaired) electrons. The zero-order chi connectivity index (χ0) is 14.2. The minimum Gasteiger partial charge on any atom is -0.484 e. The van der Waals surface area contributed by atoms with E-state index in [2.05, 4.69) is 48.9 Å². The van der Waals surface area contributed by atoms with Crippen LogP contribution in [0, 0.1) is 0 Å². The number of fused-ring (bicyclic) bond motifs is 1. The largest absolute Gasteiger partial charge is 0.484 e. The van der Waals surface area contributed by atoms with Crippen molar-refractivity contribution in [3.63, 3.8) is 0 Å². The summed E-state index contributed by atoms with van der Waals surface area (Å²) in [6.07, 6.45) is 2.86. The molecular formula is C17H20N2O. The Labute approximate surface area is 120 Å². The molecule has 0 saturated carbocycles. The number of aromatic nitrogens is 1. The number of hydrogen-bond acceptors (Lipinski definition) is 3. The number of pyridine rings is 1. The number of aryl methyl sites for hydroxylation is 1. The van der Waals surface area contributed by atoms with Crippen molar-refractivity contribution in [3.05, 3.63) is 48.2 Å². The highest BCUT2D eigenvalue weighted by Crippen LogP contribution is 2.40. The third-order valence-electron chi connectivity index (χ3n) is 3.57. The molecule has 3 heteroatoms. The first-order chi connectivity index (χ1) is 9.59. The summed E-state index contributed by atoms with van der Waals surface area (Å²) in [5, 5.41) is 0. The zero-order valence-electron chi connectivity index (χ0n) is 12.3. The van der Waals surface area contributed by atoms with Gasteiger partial charge in [0.05, 0.1) is 12.2 Å². The van der Waals surface area contributed by atoms with Gasteiger partial charge in [0.15, 0.2) is 0 Å². The Kier molecular flexibility index (Phi) is 3.13. The van der Waals surface area contributed by atoms with Gasteiger partial charge in [-0.25, -0.2) is 4.98 Å². The predicted octanol–water partition coefficient (Wildman–Crippen LogP) is 3.95. The smallest absolute Gasteiger partial charge is 0.143 e. The van der Waals surface area contributed by atoms with E-state index in [0.717, 1.165) is 30.2 Å². The molecule has 0 amide bonds. The predicted molar refractivity (Wildman–Crippen MR) is 81.8 cm³/mol. The Balaban J connectivity index is 2.11. The molecule has 0 N–H and O–H groups in total. The van der Waals surface area contributed by atoms with E-state index in [9.17, 15) is 0 Å². The van der Waals surface area contributed by atoms with Gasteiger partial charge in [-0.05, 0) is 50.1 Å². The lowest BCUT2D eigenvalue weighted by molar-refractivity contribution is 0.108. The van der Waals surface area contributed by atoms with Crippen LogP contribution in [0.25, 0.3) is 0 Å². The molecule has 2 aromatic rings. The number of anilines is 2. The molecule has 3 rings (SSSR count). The van der Waals surface area contributed by atoms with Gasteiger partial charge in [-0.3, -0.25) is 0 Å². The van der Waals surface area contributed by atoms with Gasteiger partial charge in [0.1, 0.15) is 17.2 Å². The van der Waals surface area contributed by atoms with Crippen LogP contribution in [-0.2, 0) is 6.42 Å². The fraction of sp³-hybridized carbons (Fsp3) is 0.353. The summed E-state index contributed by atoms with van der Waals surface area (Å²) in [6, 6.07) is 12.4. The minimum atomic E-state index is -0.224. The molecule has 0 fully saturated rings. The van der Waals surface area contributed by atoms with Gasteiger partial charge in [0.2, 0.25) is 0 Å². The lowest BCUT2D eigenvalue weighted by Gasteiger charge is -2.40. The summed E-state index contributed by atoms with van der Waals surface area (Å²) in [5.41, 5.74) is 2.20. The van der Waals surface area contributed by atoms with Crippen LogP contribution >= 0.6 is 0 Å². The van der Waals surface area contributed by atoms with E-state index >= 15 is 0 Å². The van der Waals surface area contributed by atoms with Gasteiger partial charge in [-0.15, -0.1) is 0 Å². The SMILES string of the molecule is CCc1ccc2c(c1)N(c1ccccn1)CC(C)(C)O2. The van der Waals surface area contributed by atoms with Crippen LogP contribution in [0.4, 0.5) is 11.5 Å². The number of ether oxygens (including phenoxy) is 1. The van der Waals surface area contributed by atoms with Crippen molar-refractivity contribution in [2.24, 2.45) is 0 Å². The van der Waals surface area contributed by atoms with E-state index in [-0.39, 0.29) is 5.60 Å². The first-order valence-electron chi connectivity index (χ1n) is 7.09. The van der Waals surface area contributed by atoms with E-state index < -0.39 is 0 Å². The molecular weight excluding hydrogens is 248 g/mol. The van der Waals surface area contributed by atoms with E-state index in [1.165, 1.54) is 5.56 Å². The van der Waals surface area contributed by atoms with Crippen LogP contribution in [0.1, 0.15) is 26.3 Å². The average Bonchev–Trinajstić information content (AvgIpc) is 2.46. The van der Waals surface area contributed by atoms with Gasteiger partial charge in [-0.2, -0.15) is 0 Å². The molecule has 20 heavy (non-hydrogen) atoms. The number of hydrogen-bond donors (Lipinski definition) is 0. The van der Waals surface area contributed by atoms with E-state index in [1.54, 1.807) is 0 Å². The fourth-order valence-electron chi connectivity index (χ4n) is 2.59. The standard InChI is InChI=1S/C17H20N2O/c1-4-13-8-9-15-14(11-13)19(12-17(2,3)20-15)16-7-5-6-10-18-16/h5-11H,4,12H2,1-3H3. The molecule has 1 aromatic carbocycles. The number of nitrogens with zero attached hydrogens (tertiary/aromatic N) is 2. The summed E-state index contributed by atoms with van der Waals surface area (Å²) in [7, 11) is 0. The first kappa shape index (κ1) is 13.0. The topological polar surface area (TPSA) is 25.4 Å². The van der Waals surface area contributed by atoms with E-state index in [1.807, 2.05) is 24.4 Å². The quantitative estimate of drug-likeness (QED) is 0.824. The second-order valence-corrected chi connectivity index (χ2v) is 5.79. The Morgan fingerprint density at radius 1 is 1.25 bits per heavy atom. The fourth-order valence-corrected chi connectivity index (χ4v) is 2.59. The molecule has 0 bridgehead atoms. The molecule has 1 aliphatic rings. The van der Waals surface area contributed by atoms with Gasteiger partial charge >= 0.3 is 0 Å². The number of rotatable bonds is 2. The summed E-state index contributed by atoms with van der Waals surface area (Å²) in [6.45, 7) is 7.18. The maximum atomic E-state index is 6.10. The highest BCUT2D eigenvalue weighted by Gasteiger charge is 2.32. The van der Waals surface area contributed by atoms with Crippen LogP contribution in [0.3, 0.4) is 0 Å². The molecule has 104 valence electrons. The van der Waals surface area contributed by atoms with Gasteiger partial charge in [-0.1, -0.05) is 19.1 Å². The third kappa shape index (κ3) is 2.36. The maximum absolute atomic E-state index is 6.10. The molecule has 1 aromatic heterocycles. The van der Waals surface area contributed by atoms with Crippen LogP contribution in [-0.4, -0.2) is 17.1 Å². The zero-order valence-corrected chi connectivity index (χ0v) is 12.3. The molecule has 0 unspecified atom stereocenters. The van der Waals surface area contributed by atoms with E-state index in [4.69, 9.17) is 4.74 Å². The molecule has 0 atom stereocenters. The van der Waals surface area contributed by atoms with Crippen molar-refractivity contribution in [3.8, 4) is 5.75 Å². The lowest BCUT2D eigenvalue weighted by Crippen LogP contribution is -2.45. The second kappa shape index (κ2) is 4.82. The Morgan fingerprint density at radius 2 is 2.10 bits per heavy atom. The van der Waals surface area contributed by atoms with E-state index in [0.29, 0.717) is 0 Å². The molecule has 1 aliphatic heterocycles. The van der Waals surface area contributed by atoms with Crippen molar-refractivity contribution in [1.29, 1.82) is 0 Å². The highest BCUT2D eigenvalue weighted by molar-refractivity contribution is 5.69. The van der Waals surface area contributed by atoms with Gasteiger partial charge in [0.25, 0.3) is 0 Å². The first-order valence-corrected chi connectivity index (χ1v) is 7.09. The van der Waals surface area contributed by atoms with Crippen molar-refractivity contribution in [2.45, 2.75) is 32.8 Å². The van der Waals surface area contributed by atoms with Crippen molar-refractivity contribution in [2.75, 3.05) is 11.4 Å². The molecule has 0 saturated heterocycles. The van der Waals surface area contributed by atoms with Crippen molar-refractivity contribution < 1.29 is 4.74 Å². The normalized spacial score (nSPS) is 16.4. The maximum Gasteiger partial charge on any atom is 0.143 e. The van der Waals surface area contributed by atoms with Crippen LogP contribution in [0.15, 0.2) is 42.6 Å². The molecule has 0 aliphatic carbocycles. The van der Waals surface area contributed by atoms with Crippen LogP contribution < -0.4 is 9.64 Å². The monoisotopic (exact) mass is 268 g/mol. The van der Waals surface area contributed by atoms with Crippen LogP contribution in [0.5, 0.6) is 5.75 Å². The molecule has 2 heterocycles. The Hall–Kier alpha value is -2.03. The number of benzene rings is 1. The third-order valence-corrected chi connectivity index (χ3v) is 3.57. The summed E-state index contributed by atoms with van der Waals surface area (Å²) in [5.74, 6) is 1.91. The van der Waals surface area contributed by atoms with Gasteiger partial charge in [0, 0.05) is 6.20 Å². The lowest BCUT2D eigenvalue weighted by atomic mass is 10.0. The van der Waals surface area contributed by atoms with Crippen molar-refractivity contribution >= 4 is 11.5 Å². The molecule has 3 nitrogen and oxygen atoms in total. The Bertz CT molecular complexity index is 608. The minimum absolute atomic E-state index is 0.224. The van der Waals surface area contributed by atoms with Crippen LogP contribution in [0.2, 0.25) is 0 Å².